The Morgan fingerprint density at radius 2 is 1.96 bits per heavy atom. The van der Waals surface area contributed by atoms with Gasteiger partial charge in [-0.15, -0.1) is 0 Å². The van der Waals surface area contributed by atoms with Crippen LogP contribution in [0.1, 0.15) is 13.3 Å². The number of rotatable bonds is 4. The molecule has 1 aliphatic rings. The smallest absolute Gasteiger partial charge is 0.243 e. The number of aromatic amines is 1. The maximum absolute atomic E-state index is 13.0. The van der Waals surface area contributed by atoms with Crippen molar-refractivity contribution in [2.75, 3.05) is 25.0 Å². The molecule has 27 heavy (non-hydrogen) atoms. The largest absolute Gasteiger partial charge is 0.354 e. The number of benzene rings is 1. The van der Waals surface area contributed by atoms with Crippen molar-refractivity contribution in [2.45, 2.75) is 24.3 Å². The molecule has 1 saturated heterocycles. The second-order valence-electron chi connectivity index (χ2n) is 7.06. The molecule has 2 unspecified atom stereocenters. The summed E-state index contributed by atoms with van der Waals surface area (Å²) in [5.74, 6) is 1.17. The van der Waals surface area contributed by atoms with Crippen molar-refractivity contribution in [3.8, 4) is 0 Å². The van der Waals surface area contributed by atoms with Gasteiger partial charge in [-0.3, -0.25) is 0 Å². The Kier molecular flexibility index (Phi) is 4.61. The lowest BCUT2D eigenvalue weighted by Gasteiger charge is -2.41. The fraction of sp³-hybridized carbons (Fsp3) is 0.368. The zero-order valence-corrected chi connectivity index (χ0v) is 16.2. The van der Waals surface area contributed by atoms with Crippen molar-refractivity contribution < 1.29 is 8.42 Å². The fourth-order valence-electron chi connectivity index (χ4n) is 3.78. The van der Waals surface area contributed by atoms with Crippen LogP contribution < -0.4 is 4.90 Å². The van der Waals surface area contributed by atoms with E-state index in [0.29, 0.717) is 23.9 Å². The molecule has 3 aromatic rings. The van der Waals surface area contributed by atoms with E-state index in [9.17, 15) is 8.42 Å². The summed E-state index contributed by atoms with van der Waals surface area (Å²) in [6.45, 7) is 3.14. The summed E-state index contributed by atoms with van der Waals surface area (Å²) in [5, 5.41) is 0.940. The summed E-state index contributed by atoms with van der Waals surface area (Å²) in [4.78, 5) is 14.2. The van der Waals surface area contributed by atoms with Crippen molar-refractivity contribution in [2.24, 2.45) is 5.92 Å². The summed E-state index contributed by atoms with van der Waals surface area (Å²) in [6, 6.07) is 10.6. The Balaban J connectivity index is 1.64. The molecule has 1 aromatic carbocycles. The lowest BCUT2D eigenvalue weighted by atomic mass is 9.93. The van der Waals surface area contributed by atoms with Gasteiger partial charge >= 0.3 is 0 Å². The van der Waals surface area contributed by atoms with Crippen molar-refractivity contribution >= 4 is 26.9 Å². The van der Waals surface area contributed by atoms with Crippen molar-refractivity contribution in [1.29, 1.82) is 0 Å². The van der Waals surface area contributed by atoms with E-state index in [1.807, 2.05) is 25.4 Å². The van der Waals surface area contributed by atoms with Gasteiger partial charge in [0.25, 0.3) is 0 Å². The predicted octanol–water partition coefficient (Wildman–Crippen LogP) is 2.49. The number of aromatic nitrogens is 3. The van der Waals surface area contributed by atoms with E-state index in [1.165, 1.54) is 6.33 Å². The van der Waals surface area contributed by atoms with Gasteiger partial charge in [-0.25, -0.2) is 18.4 Å². The number of anilines is 1. The third-order valence-corrected chi connectivity index (χ3v) is 7.31. The molecule has 1 aliphatic heterocycles. The average molecular weight is 385 g/mol. The molecule has 1 fully saturated rings. The van der Waals surface area contributed by atoms with E-state index in [0.717, 1.165) is 23.3 Å². The number of fused-ring (bicyclic) bond motifs is 1. The predicted molar refractivity (Wildman–Crippen MR) is 105 cm³/mol. The topological polar surface area (TPSA) is 82.2 Å². The third kappa shape index (κ3) is 3.19. The van der Waals surface area contributed by atoms with Gasteiger partial charge in [-0.2, -0.15) is 4.31 Å². The molecule has 2 aromatic heterocycles. The molecule has 4 rings (SSSR count). The number of H-pyrrole nitrogens is 1. The van der Waals surface area contributed by atoms with Gasteiger partial charge in [-0.1, -0.05) is 25.1 Å². The van der Waals surface area contributed by atoms with Gasteiger partial charge in [0, 0.05) is 32.4 Å². The second-order valence-corrected chi connectivity index (χ2v) is 9.00. The Morgan fingerprint density at radius 1 is 1.19 bits per heavy atom. The minimum absolute atomic E-state index is 0.0326. The van der Waals surface area contributed by atoms with Crippen LogP contribution >= 0.6 is 0 Å². The molecule has 0 amide bonds. The number of likely N-dealkylation sites (N-methyl/N-ethyl adjacent to an activating group) is 1. The van der Waals surface area contributed by atoms with Crippen molar-refractivity contribution in [3.63, 3.8) is 0 Å². The number of piperidine rings is 1. The zero-order chi connectivity index (χ0) is 19.0. The highest BCUT2D eigenvalue weighted by atomic mass is 32.2. The summed E-state index contributed by atoms with van der Waals surface area (Å²) in [5.41, 5.74) is 0.782. The minimum Gasteiger partial charge on any atom is -0.354 e. The third-order valence-electron chi connectivity index (χ3n) is 5.43. The van der Waals surface area contributed by atoms with Crippen LogP contribution in [-0.4, -0.2) is 53.9 Å². The first-order chi connectivity index (χ1) is 13.0. The van der Waals surface area contributed by atoms with Gasteiger partial charge in [-0.05, 0) is 30.5 Å². The maximum atomic E-state index is 13.0. The highest BCUT2D eigenvalue weighted by molar-refractivity contribution is 7.89. The zero-order valence-electron chi connectivity index (χ0n) is 15.4. The molecule has 3 heterocycles. The summed E-state index contributed by atoms with van der Waals surface area (Å²) in [6.07, 6.45) is 4.19. The second kappa shape index (κ2) is 6.94. The van der Waals surface area contributed by atoms with Crippen LogP contribution in [0.2, 0.25) is 0 Å². The van der Waals surface area contributed by atoms with Crippen LogP contribution in [-0.2, 0) is 10.0 Å². The van der Waals surface area contributed by atoms with Crippen LogP contribution in [0.5, 0.6) is 0 Å². The number of nitrogens with zero attached hydrogens (tertiary/aromatic N) is 4. The van der Waals surface area contributed by atoms with E-state index >= 15 is 0 Å². The lowest BCUT2D eigenvalue weighted by molar-refractivity contribution is 0.247. The lowest BCUT2D eigenvalue weighted by Crippen LogP contribution is -2.52. The average Bonchev–Trinajstić information content (AvgIpc) is 3.17. The first-order valence-corrected chi connectivity index (χ1v) is 10.5. The van der Waals surface area contributed by atoms with Crippen LogP contribution in [0, 0.1) is 5.92 Å². The number of nitrogens with one attached hydrogen (secondary N) is 1. The molecule has 142 valence electrons. The maximum Gasteiger partial charge on any atom is 0.243 e. The Morgan fingerprint density at radius 3 is 2.74 bits per heavy atom. The van der Waals surface area contributed by atoms with Crippen molar-refractivity contribution in [3.05, 3.63) is 48.9 Å². The van der Waals surface area contributed by atoms with Crippen LogP contribution in [0.15, 0.2) is 53.8 Å². The van der Waals surface area contributed by atoms with E-state index in [4.69, 9.17) is 0 Å². The molecule has 0 bridgehead atoms. The van der Waals surface area contributed by atoms with Gasteiger partial charge in [0.05, 0.1) is 10.3 Å². The van der Waals surface area contributed by atoms with Crippen LogP contribution in [0.25, 0.3) is 11.0 Å². The molecule has 2 atom stereocenters. The molecule has 0 radical (unpaired) electrons. The van der Waals surface area contributed by atoms with Gasteiger partial charge in [0.15, 0.2) is 0 Å². The van der Waals surface area contributed by atoms with Crippen LogP contribution in [0.4, 0.5) is 5.82 Å². The standard InChI is InChI=1S/C19H23N5O2S/c1-14-9-11-24(27(25,26)15-6-4-3-5-7-15)12-17(14)23(2)19-16-8-10-20-18(16)21-13-22-19/h3-8,10,13-14,17H,9,11-12H2,1-2H3,(H,20,21,22). The number of hydrogen-bond acceptors (Lipinski definition) is 5. The minimum atomic E-state index is -3.50. The summed E-state index contributed by atoms with van der Waals surface area (Å²) < 4.78 is 27.7. The fourth-order valence-corrected chi connectivity index (χ4v) is 5.27. The Bertz CT molecular complexity index is 1030. The van der Waals surface area contributed by atoms with Gasteiger partial charge in [0.1, 0.15) is 17.8 Å². The SMILES string of the molecule is CC1CCN(S(=O)(=O)c2ccccc2)CC1N(C)c1ncnc2[nH]ccc12. The number of sulfonamides is 1. The Labute approximate surface area is 159 Å². The van der Waals surface area contributed by atoms with Gasteiger partial charge < -0.3 is 9.88 Å². The molecule has 0 saturated carbocycles. The molecule has 7 nitrogen and oxygen atoms in total. The molecular weight excluding hydrogens is 362 g/mol. The summed E-state index contributed by atoms with van der Waals surface area (Å²) >= 11 is 0. The molecule has 1 N–H and O–H groups in total. The highest BCUT2D eigenvalue weighted by Crippen LogP contribution is 2.30. The van der Waals surface area contributed by atoms with Crippen molar-refractivity contribution in [1.82, 2.24) is 19.3 Å². The normalized spacial score (nSPS) is 21.4. The number of hydrogen-bond donors (Lipinski definition) is 1. The Hall–Kier alpha value is -2.45. The quantitative estimate of drug-likeness (QED) is 0.746. The molecular formula is C19H23N5O2S. The van der Waals surface area contributed by atoms with Crippen LogP contribution in [0.3, 0.4) is 0 Å². The highest BCUT2D eigenvalue weighted by Gasteiger charge is 2.36. The van der Waals surface area contributed by atoms with E-state index < -0.39 is 10.0 Å². The summed E-state index contributed by atoms with van der Waals surface area (Å²) in [7, 11) is -1.52. The monoisotopic (exact) mass is 385 g/mol. The van der Waals surface area contributed by atoms with E-state index in [1.54, 1.807) is 28.6 Å². The molecule has 0 aliphatic carbocycles. The van der Waals surface area contributed by atoms with E-state index in [-0.39, 0.29) is 6.04 Å². The first kappa shape index (κ1) is 17.9. The molecule has 8 heteroatoms. The first-order valence-electron chi connectivity index (χ1n) is 9.04. The molecule has 0 spiro atoms. The van der Waals surface area contributed by atoms with E-state index in [2.05, 4.69) is 26.8 Å². The van der Waals surface area contributed by atoms with Gasteiger partial charge in [0.2, 0.25) is 10.0 Å².